The second kappa shape index (κ2) is 7.29. The Balaban J connectivity index is 2.68. The molecule has 0 aliphatic heterocycles. The van der Waals surface area contributed by atoms with Gasteiger partial charge in [-0.2, -0.15) is 0 Å². The Bertz CT molecular complexity index is 448. The molecule has 112 valence electrons. The van der Waals surface area contributed by atoms with E-state index in [0.29, 0.717) is 13.0 Å². The van der Waals surface area contributed by atoms with Gasteiger partial charge >= 0.3 is 5.97 Å². The van der Waals surface area contributed by atoms with Crippen LogP contribution >= 0.6 is 0 Å². The van der Waals surface area contributed by atoms with E-state index in [1.807, 2.05) is 26.1 Å². The van der Waals surface area contributed by atoms with Crippen molar-refractivity contribution in [1.29, 1.82) is 0 Å². The predicted octanol–water partition coefficient (Wildman–Crippen LogP) is 2.66. The van der Waals surface area contributed by atoms with E-state index in [4.69, 9.17) is 0 Å². The number of benzene rings is 1. The number of carboxylic acids is 1. The van der Waals surface area contributed by atoms with Gasteiger partial charge in [0.2, 0.25) is 0 Å². The number of carbonyl (C=O) groups is 1. The lowest BCUT2D eigenvalue weighted by atomic mass is 9.97. The molecule has 0 radical (unpaired) electrons. The van der Waals surface area contributed by atoms with Crippen LogP contribution in [-0.2, 0) is 4.79 Å². The van der Waals surface area contributed by atoms with Crippen molar-refractivity contribution in [1.82, 2.24) is 5.32 Å². The summed E-state index contributed by atoms with van der Waals surface area (Å²) in [6, 6.07) is 8.14. The number of para-hydroxylation sites is 1. The first-order valence-electron chi connectivity index (χ1n) is 7.16. The van der Waals surface area contributed by atoms with Gasteiger partial charge in [0.05, 0.1) is 0 Å². The van der Waals surface area contributed by atoms with Crippen molar-refractivity contribution in [3.05, 3.63) is 29.8 Å². The van der Waals surface area contributed by atoms with E-state index < -0.39 is 11.5 Å². The SMILES string of the molecule is CCCNC(C)(CCN(C)c1ccccc1C)C(=O)O. The third-order valence-corrected chi connectivity index (χ3v) is 3.71. The molecule has 20 heavy (non-hydrogen) atoms. The highest BCUT2D eigenvalue weighted by molar-refractivity contribution is 5.78. The van der Waals surface area contributed by atoms with E-state index in [0.717, 1.165) is 18.7 Å². The zero-order chi connectivity index (χ0) is 15.2. The molecule has 0 aromatic heterocycles. The van der Waals surface area contributed by atoms with Crippen molar-refractivity contribution in [3.8, 4) is 0 Å². The average Bonchev–Trinajstić information content (AvgIpc) is 2.43. The third kappa shape index (κ3) is 4.23. The van der Waals surface area contributed by atoms with Gasteiger partial charge < -0.3 is 15.3 Å². The standard InChI is InChI=1S/C16H26N2O2/c1-5-11-17-16(3,15(19)20)10-12-18(4)14-9-7-6-8-13(14)2/h6-9,17H,5,10-12H2,1-4H3,(H,19,20). The maximum absolute atomic E-state index is 11.5. The summed E-state index contributed by atoms with van der Waals surface area (Å²) in [6.07, 6.45) is 1.49. The Morgan fingerprint density at radius 3 is 2.60 bits per heavy atom. The maximum Gasteiger partial charge on any atom is 0.323 e. The zero-order valence-corrected chi connectivity index (χ0v) is 12.9. The fraction of sp³-hybridized carbons (Fsp3) is 0.562. The molecule has 1 unspecified atom stereocenters. The van der Waals surface area contributed by atoms with E-state index in [-0.39, 0.29) is 0 Å². The van der Waals surface area contributed by atoms with Gasteiger partial charge in [0.25, 0.3) is 0 Å². The molecule has 0 aliphatic rings. The van der Waals surface area contributed by atoms with Crippen molar-refractivity contribution < 1.29 is 9.90 Å². The Morgan fingerprint density at radius 1 is 1.40 bits per heavy atom. The van der Waals surface area contributed by atoms with Crippen molar-refractivity contribution >= 4 is 11.7 Å². The second-order valence-electron chi connectivity index (χ2n) is 5.52. The van der Waals surface area contributed by atoms with E-state index in [1.165, 1.54) is 5.56 Å². The summed E-state index contributed by atoms with van der Waals surface area (Å²) in [5.74, 6) is -0.788. The fourth-order valence-corrected chi connectivity index (χ4v) is 2.18. The molecule has 1 rings (SSSR count). The molecule has 0 heterocycles. The van der Waals surface area contributed by atoms with Gasteiger partial charge in [-0.3, -0.25) is 4.79 Å². The number of carboxylic acid groups (broad SMARTS) is 1. The third-order valence-electron chi connectivity index (χ3n) is 3.71. The lowest BCUT2D eigenvalue weighted by Crippen LogP contribution is -2.51. The Hall–Kier alpha value is -1.55. The summed E-state index contributed by atoms with van der Waals surface area (Å²) in [4.78, 5) is 13.6. The highest BCUT2D eigenvalue weighted by atomic mass is 16.4. The normalized spacial score (nSPS) is 13.8. The summed E-state index contributed by atoms with van der Waals surface area (Å²) in [6.45, 7) is 7.28. The number of anilines is 1. The van der Waals surface area contributed by atoms with Crippen LogP contribution < -0.4 is 10.2 Å². The summed E-state index contributed by atoms with van der Waals surface area (Å²) >= 11 is 0. The lowest BCUT2D eigenvalue weighted by Gasteiger charge is -2.30. The number of aryl methyl sites for hydroxylation is 1. The van der Waals surface area contributed by atoms with Gasteiger partial charge in [-0.25, -0.2) is 0 Å². The van der Waals surface area contributed by atoms with Crippen LogP contribution in [0.25, 0.3) is 0 Å². The van der Waals surface area contributed by atoms with Crippen LogP contribution in [0.5, 0.6) is 0 Å². The van der Waals surface area contributed by atoms with Crippen LogP contribution in [0.15, 0.2) is 24.3 Å². The molecule has 0 bridgehead atoms. The highest BCUT2D eigenvalue weighted by Gasteiger charge is 2.32. The Morgan fingerprint density at radius 2 is 2.05 bits per heavy atom. The highest BCUT2D eigenvalue weighted by Crippen LogP contribution is 2.20. The summed E-state index contributed by atoms with van der Waals surface area (Å²) in [5.41, 5.74) is 1.48. The first-order chi connectivity index (χ1) is 9.40. The number of hydrogen-bond donors (Lipinski definition) is 2. The van der Waals surface area contributed by atoms with E-state index in [2.05, 4.69) is 29.3 Å². The monoisotopic (exact) mass is 278 g/mol. The van der Waals surface area contributed by atoms with Crippen LogP contribution in [0, 0.1) is 6.92 Å². The smallest absolute Gasteiger partial charge is 0.323 e. The molecule has 0 fully saturated rings. The maximum atomic E-state index is 11.5. The Kier molecular flexibility index (Phi) is 6.02. The summed E-state index contributed by atoms with van der Waals surface area (Å²) < 4.78 is 0. The molecular formula is C16H26N2O2. The molecule has 0 spiro atoms. The number of aliphatic carboxylic acids is 1. The second-order valence-corrected chi connectivity index (χ2v) is 5.52. The predicted molar refractivity (Wildman–Crippen MR) is 83.4 cm³/mol. The number of nitrogens with zero attached hydrogens (tertiary/aromatic N) is 1. The van der Waals surface area contributed by atoms with Crippen molar-refractivity contribution in [2.45, 2.75) is 39.2 Å². The molecule has 1 aromatic carbocycles. The number of hydrogen-bond acceptors (Lipinski definition) is 3. The molecule has 2 N–H and O–H groups in total. The summed E-state index contributed by atoms with van der Waals surface area (Å²) in [5, 5.41) is 12.6. The van der Waals surface area contributed by atoms with Gasteiger partial charge in [0.1, 0.15) is 5.54 Å². The molecular weight excluding hydrogens is 252 g/mol. The molecule has 1 atom stereocenters. The lowest BCUT2D eigenvalue weighted by molar-refractivity contribution is -0.144. The van der Waals surface area contributed by atoms with Crippen molar-refractivity contribution in [3.63, 3.8) is 0 Å². The van der Waals surface area contributed by atoms with Crippen LogP contribution in [0.4, 0.5) is 5.69 Å². The minimum Gasteiger partial charge on any atom is -0.480 e. The van der Waals surface area contributed by atoms with Gasteiger partial charge in [-0.15, -0.1) is 0 Å². The molecule has 0 saturated heterocycles. The summed E-state index contributed by atoms with van der Waals surface area (Å²) in [7, 11) is 2.00. The van der Waals surface area contributed by atoms with Gasteiger partial charge in [-0.05, 0) is 44.9 Å². The van der Waals surface area contributed by atoms with Gasteiger partial charge in [0, 0.05) is 19.3 Å². The molecule has 4 nitrogen and oxygen atoms in total. The van der Waals surface area contributed by atoms with Crippen LogP contribution in [0.1, 0.15) is 32.3 Å². The molecule has 4 heteroatoms. The quantitative estimate of drug-likeness (QED) is 0.767. The fourth-order valence-electron chi connectivity index (χ4n) is 2.18. The van der Waals surface area contributed by atoms with Crippen LogP contribution in [0.3, 0.4) is 0 Å². The van der Waals surface area contributed by atoms with Crippen molar-refractivity contribution in [2.75, 3.05) is 25.0 Å². The van der Waals surface area contributed by atoms with Gasteiger partial charge in [0.15, 0.2) is 0 Å². The van der Waals surface area contributed by atoms with Crippen LogP contribution in [-0.4, -0.2) is 36.8 Å². The van der Waals surface area contributed by atoms with Crippen molar-refractivity contribution in [2.24, 2.45) is 0 Å². The molecule has 0 amide bonds. The zero-order valence-electron chi connectivity index (χ0n) is 12.9. The number of rotatable bonds is 8. The minimum absolute atomic E-state index is 0.563. The van der Waals surface area contributed by atoms with E-state index >= 15 is 0 Å². The van der Waals surface area contributed by atoms with Gasteiger partial charge in [-0.1, -0.05) is 25.1 Å². The largest absolute Gasteiger partial charge is 0.480 e. The van der Waals surface area contributed by atoms with E-state index in [9.17, 15) is 9.90 Å². The number of nitrogens with one attached hydrogen (secondary N) is 1. The average molecular weight is 278 g/mol. The van der Waals surface area contributed by atoms with E-state index in [1.54, 1.807) is 6.92 Å². The minimum atomic E-state index is -0.868. The molecule has 0 aliphatic carbocycles. The molecule has 0 saturated carbocycles. The molecule has 1 aromatic rings. The Labute approximate surface area is 121 Å². The van der Waals surface area contributed by atoms with Crippen LogP contribution in [0.2, 0.25) is 0 Å². The first kappa shape index (κ1) is 16.5. The first-order valence-corrected chi connectivity index (χ1v) is 7.16. The topological polar surface area (TPSA) is 52.6 Å².